The lowest BCUT2D eigenvalue weighted by Crippen LogP contribution is -2.27. The topological polar surface area (TPSA) is 75.7 Å². The van der Waals surface area contributed by atoms with Gasteiger partial charge in [0.15, 0.2) is 0 Å². The number of carbonyl (C=O) groups is 1. The van der Waals surface area contributed by atoms with Gasteiger partial charge >= 0.3 is 0 Å². The Hall–Kier alpha value is -3.10. The molecule has 0 saturated heterocycles. The Labute approximate surface area is 178 Å². The Morgan fingerprint density at radius 1 is 1.07 bits per heavy atom. The van der Waals surface area contributed by atoms with Crippen molar-refractivity contribution in [1.29, 1.82) is 0 Å². The van der Waals surface area contributed by atoms with Crippen molar-refractivity contribution in [2.24, 2.45) is 0 Å². The van der Waals surface area contributed by atoms with Gasteiger partial charge in [-0.1, -0.05) is 35.9 Å². The predicted octanol–water partition coefficient (Wildman–Crippen LogP) is 4.57. The number of ether oxygens (including phenoxy) is 1. The van der Waals surface area contributed by atoms with Crippen molar-refractivity contribution in [2.45, 2.75) is 4.90 Å². The smallest absolute Gasteiger partial charge is 0.264 e. The molecule has 0 heterocycles. The highest BCUT2D eigenvalue weighted by molar-refractivity contribution is 7.92. The molecule has 6 nitrogen and oxygen atoms in total. The third-order valence-electron chi connectivity index (χ3n) is 4.39. The zero-order valence-corrected chi connectivity index (χ0v) is 17.7. The molecule has 156 valence electrons. The maximum atomic E-state index is 13.8. The summed E-state index contributed by atoms with van der Waals surface area (Å²) in [4.78, 5) is 12.5. The van der Waals surface area contributed by atoms with Crippen LogP contribution in [0.3, 0.4) is 0 Å². The maximum absolute atomic E-state index is 13.8. The monoisotopic (exact) mass is 448 g/mol. The van der Waals surface area contributed by atoms with E-state index in [4.69, 9.17) is 16.3 Å². The Morgan fingerprint density at radius 2 is 1.73 bits per heavy atom. The number of halogens is 2. The molecule has 0 aliphatic rings. The van der Waals surface area contributed by atoms with E-state index in [2.05, 4.69) is 5.32 Å². The molecular weight excluding hydrogens is 431 g/mol. The van der Waals surface area contributed by atoms with Gasteiger partial charge < -0.3 is 10.1 Å². The second-order valence-corrected chi connectivity index (χ2v) is 8.60. The largest absolute Gasteiger partial charge is 0.495 e. The van der Waals surface area contributed by atoms with Crippen LogP contribution in [0.5, 0.6) is 5.75 Å². The van der Waals surface area contributed by atoms with E-state index >= 15 is 0 Å². The van der Waals surface area contributed by atoms with E-state index in [9.17, 15) is 17.6 Å². The molecule has 0 aromatic heterocycles. The average molecular weight is 449 g/mol. The van der Waals surface area contributed by atoms with Crippen molar-refractivity contribution < 1.29 is 22.3 Å². The fourth-order valence-corrected chi connectivity index (χ4v) is 4.20. The maximum Gasteiger partial charge on any atom is 0.264 e. The minimum Gasteiger partial charge on any atom is -0.495 e. The van der Waals surface area contributed by atoms with Gasteiger partial charge in [0.25, 0.3) is 15.9 Å². The summed E-state index contributed by atoms with van der Waals surface area (Å²) in [6.45, 7) is 0. The number of anilines is 2. The molecule has 0 aliphatic heterocycles. The summed E-state index contributed by atoms with van der Waals surface area (Å²) in [6.07, 6.45) is 0. The SMILES string of the molecule is COc1ccccc1N(C)S(=O)(=O)c1ccc(Cl)c(C(=O)Nc2ccccc2F)c1. The first-order chi connectivity index (χ1) is 14.3. The van der Waals surface area contributed by atoms with Crippen LogP contribution in [-0.2, 0) is 10.0 Å². The van der Waals surface area contributed by atoms with E-state index in [0.29, 0.717) is 11.4 Å². The summed E-state index contributed by atoms with van der Waals surface area (Å²) in [7, 11) is -1.22. The Kier molecular flexibility index (Phi) is 6.28. The van der Waals surface area contributed by atoms with Gasteiger partial charge in [0.1, 0.15) is 11.6 Å². The van der Waals surface area contributed by atoms with Gasteiger partial charge in [-0.3, -0.25) is 9.10 Å². The van der Waals surface area contributed by atoms with Gasteiger partial charge in [0.05, 0.1) is 34.0 Å². The number of amides is 1. The lowest BCUT2D eigenvalue weighted by molar-refractivity contribution is 0.102. The first-order valence-electron chi connectivity index (χ1n) is 8.73. The molecule has 0 atom stereocenters. The van der Waals surface area contributed by atoms with Gasteiger partial charge in [-0.05, 0) is 42.5 Å². The molecule has 3 rings (SSSR count). The molecule has 3 aromatic rings. The molecule has 3 aromatic carbocycles. The van der Waals surface area contributed by atoms with Crippen LogP contribution in [0.15, 0.2) is 71.6 Å². The molecule has 0 saturated carbocycles. The predicted molar refractivity (Wildman–Crippen MR) is 114 cm³/mol. The highest BCUT2D eigenvalue weighted by Gasteiger charge is 2.25. The van der Waals surface area contributed by atoms with Crippen LogP contribution in [0, 0.1) is 5.82 Å². The number of nitrogens with one attached hydrogen (secondary N) is 1. The molecule has 0 bridgehead atoms. The number of rotatable bonds is 6. The Morgan fingerprint density at radius 3 is 2.43 bits per heavy atom. The summed E-state index contributed by atoms with van der Waals surface area (Å²) in [5.41, 5.74) is 0.180. The minimum absolute atomic E-state index is 0.0303. The van der Waals surface area contributed by atoms with Crippen LogP contribution in [0.1, 0.15) is 10.4 Å². The summed E-state index contributed by atoms with van der Waals surface area (Å²) < 4.78 is 46.4. The first kappa shape index (κ1) is 21.6. The van der Waals surface area contributed by atoms with Crippen LogP contribution in [-0.4, -0.2) is 28.5 Å². The van der Waals surface area contributed by atoms with Crippen LogP contribution in [0.2, 0.25) is 5.02 Å². The van der Waals surface area contributed by atoms with E-state index in [0.717, 1.165) is 10.4 Å². The Balaban J connectivity index is 1.97. The van der Waals surface area contributed by atoms with E-state index in [1.54, 1.807) is 30.3 Å². The molecule has 0 spiro atoms. The van der Waals surface area contributed by atoms with Crippen LogP contribution < -0.4 is 14.4 Å². The highest BCUT2D eigenvalue weighted by Crippen LogP contribution is 2.32. The molecule has 30 heavy (non-hydrogen) atoms. The van der Waals surface area contributed by atoms with E-state index in [1.165, 1.54) is 44.5 Å². The standard InChI is InChI=1S/C21H18ClFN2O4S/c1-25(19-9-5-6-10-20(19)29-2)30(27,28)14-11-12-16(22)15(13-14)21(26)24-18-8-4-3-7-17(18)23/h3-13H,1-2H3,(H,24,26). The lowest BCUT2D eigenvalue weighted by Gasteiger charge is -2.22. The second kappa shape index (κ2) is 8.73. The average Bonchev–Trinajstić information content (AvgIpc) is 2.74. The van der Waals surface area contributed by atoms with Crippen molar-refractivity contribution >= 4 is 38.9 Å². The minimum atomic E-state index is -4.04. The third-order valence-corrected chi connectivity index (χ3v) is 6.48. The summed E-state index contributed by atoms with van der Waals surface area (Å²) in [5.74, 6) is -0.987. The molecule has 0 aliphatic carbocycles. The number of methoxy groups -OCH3 is 1. The van der Waals surface area contributed by atoms with Crippen molar-refractivity contribution in [3.8, 4) is 5.75 Å². The first-order valence-corrected chi connectivity index (χ1v) is 10.5. The van der Waals surface area contributed by atoms with Crippen LogP contribution in [0.4, 0.5) is 15.8 Å². The summed E-state index contributed by atoms with van der Waals surface area (Å²) in [5, 5.41) is 2.43. The number of para-hydroxylation sites is 3. The molecule has 0 fully saturated rings. The van der Waals surface area contributed by atoms with Crippen molar-refractivity contribution in [3.05, 3.63) is 83.1 Å². The van der Waals surface area contributed by atoms with Crippen molar-refractivity contribution in [2.75, 3.05) is 23.8 Å². The lowest BCUT2D eigenvalue weighted by atomic mass is 10.2. The fraction of sp³-hybridized carbons (Fsp3) is 0.0952. The second-order valence-electron chi connectivity index (χ2n) is 6.22. The third kappa shape index (κ3) is 4.24. The van der Waals surface area contributed by atoms with Crippen molar-refractivity contribution in [1.82, 2.24) is 0 Å². The number of nitrogens with zero attached hydrogens (tertiary/aromatic N) is 1. The van der Waals surface area contributed by atoms with Gasteiger partial charge in [0.2, 0.25) is 0 Å². The zero-order chi connectivity index (χ0) is 21.9. The fourth-order valence-electron chi connectivity index (χ4n) is 2.77. The Bertz CT molecular complexity index is 1200. The van der Waals surface area contributed by atoms with Crippen molar-refractivity contribution in [3.63, 3.8) is 0 Å². The number of benzene rings is 3. The van der Waals surface area contributed by atoms with E-state index in [1.807, 2.05) is 0 Å². The molecular formula is C21H18ClFN2O4S. The van der Waals surface area contributed by atoms with E-state index in [-0.39, 0.29) is 21.2 Å². The van der Waals surface area contributed by atoms with Gasteiger partial charge in [-0.15, -0.1) is 0 Å². The highest BCUT2D eigenvalue weighted by atomic mass is 35.5. The number of hydrogen-bond donors (Lipinski definition) is 1. The van der Waals surface area contributed by atoms with Crippen LogP contribution in [0.25, 0.3) is 0 Å². The summed E-state index contributed by atoms with van der Waals surface area (Å²) in [6, 6.07) is 16.0. The normalized spacial score (nSPS) is 11.1. The van der Waals surface area contributed by atoms with E-state index < -0.39 is 21.7 Å². The number of sulfonamides is 1. The quantitative estimate of drug-likeness (QED) is 0.599. The van der Waals surface area contributed by atoms with Gasteiger partial charge in [-0.2, -0.15) is 0 Å². The molecule has 1 N–H and O–H groups in total. The molecule has 0 radical (unpaired) electrons. The number of carbonyl (C=O) groups excluding carboxylic acids is 1. The zero-order valence-electron chi connectivity index (χ0n) is 16.1. The number of hydrogen-bond acceptors (Lipinski definition) is 4. The molecule has 9 heteroatoms. The molecule has 0 unspecified atom stereocenters. The molecule has 1 amide bonds. The summed E-state index contributed by atoms with van der Waals surface area (Å²) >= 11 is 6.11. The van der Waals surface area contributed by atoms with Crippen LogP contribution >= 0.6 is 11.6 Å². The van der Waals surface area contributed by atoms with Gasteiger partial charge in [0, 0.05) is 7.05 Å². The van der Waals surface area contributed by atoms with Gasteiger partial charge in [-0.25, -0.2) is 12.8 Å².